The van der Waals surface area contributed by atoms with Gasteiger partial charge in [0.15, 0.2) is 17.3 Å². The van der Waals surface area contributed by atoms with Crippen LogP contribution in [0.15, 0.2) is 65.5 Å². The van der Waals surface area contributed by atoms with Crippen molar-refractivity contribution in [2.24, 2.45) is 0 Å². The maximum atomic E-state index is 12.4. The van der Waals surface area contributed by atoms with Gasteiger partial charge in [0.1, 0.15) is 16.9 Å². The van der Waals surface area contributed by atoms with Crippen molar-refractivity contribution in [3.05, 3.63) is 76.7 Å². The lowest BCUT2D eigenvalue weighted by atomic mass is 10.1. The molecule has 0 radical (unpaired) electrons. The number of carbonyl (C=O) groups is 1. The first-order valence-corrected chi connectivity index (χ1v) is 13.4. The lowest BCUT2D eigenvalue weighted by Crippen LogP contribution is -2.34. The predicted octanol–water partition coefficient (Wildman–Crippen LogP) is 5.52. The largest absolute Gasteiger partial charge is 0.444 e. The van der Waals surface area contributed by atoms with Gasteiger partial charge >= 0.3 is 6.09 Å². The highest BCUT2D eigenvalue weighted by atomic mass is 79.9. The van der Waals surface area contributed by atoms with E-state index in [1.165, 1.54) is 0 Å². The molecule has 1 amide bonds. The smallest absolute Gasteiger partial charge is 0.408 e. The highest BCUT2D eigenvalue weighted by molar-refractivity contribution is 9.10. The van der Waals surface area contributed by atoms with E-state index >= 15 is 0 Å². The number of hydrogen-bond donors (Lipinski definition) is 2. The fourth-order valence-corrected chi connectivity index (χ4v) is 5.36. The molecule has 1 aliphatic rings. The first-order chi connectivity index (χ1) is 18.7. The first-order valence-electron chi connectivity index (χ1n) is 12.6. The summed E-state index contributed by atoms with van der Waals surface area (Å²) in [5.74, 6) is 1.65. The van der Waals surface area contributed by atoms with Gasteiger partial charge in [-0.1, -0.05) is 6.07 Å². The lowest BCUT2D eigenvalue weighted by Gasteiger charge is -2.22. The van der Waals surface area contributed by atoms with Gasteiger partial charge in [-0.15, -0.1) is 0 Å². The van der Waals surface area contributed by atoms with Crippen molar-refractivity contribution < 1.29 is 9.53 Å². The standard InChI is InChI=1S/C28H27BrN8O2/c1-28(2,3)39-27(38)33-21-10-7-16-14-17(8-9-18(16)21)37-25(19-6-4-11-31-24(19)30)35-23-20(29)15-22(34-26(23)37)36-13-5-12-32-36/h4-6,8-9,11-15,21H,7,10H2,1-3H3,(H2,30,31)(H,33,38)/t21-/m0/s1. The number of carbonyl (C=O) groups excluding carboxylic acids is 1. The Morgan fingerprint density at radius 3 is 2.74 bits per heavy atom. The minimum atomic E-state index is -0.557. The normalized spacial score (nSPS) is 14.9. The molecule has 0 saturated carbocycles. The van der Waals surface area contributed by atoms with Crippen molar-refractivity contribution in [1.82, 2.24) is 34.6 Å². The summed E-state index contributed by atoms with van der Waals surface area (Å²) in [5.41, 5.74) is 10.9. The summed E-state index contributed by atoms with van der Waals surface area (Å²) >= 11 is 3.69. The summed E-state index contributed by atoms with van der Waals surface area (Å²) in [6.07, 6.45) is 6.40. The molecule has 11 heteroatoms. The molecular weight excluding hydrogens is 560 g/mol. The second kappa shape index (κ2) is 9.49. The quantitative estimate of drug-likeness (QED) is 0.283. The third-order valence-corrected chi connectivity index (χ3v) is 7.13. The number of nitrogen functional groups attached to an aromatic ring is 1. The highest BCUT2D eigenvalue weighted by Gasteiger charge is 2.28. The minimum Gasteiger partial charge on any atom is -0.444 e. The van der Waals surface area contributed by atoms with E-state index in [2.05, 4.69) is 37.4 Å². The number of nitrogens with zero attached hydrogens (tertiary/aromatic N) is 6. The number of nitrogens with two attached hydrogens (primary N) is 1. The third-order valence-electron chi connectivity index (χ3n) is 6.53. The van der Waals surface area contributed by atoms with E-state index in [9.17, 15) is 4.79 Å². The average molecular weight is 587 g/mol. The summed E-state index contributed by atoms with van der Waals surface area (Å²) in [7, 11) is 0. The molecule has 198 valence electrons. The zero-order chi connectivity index (χ0) is 27.3. The number of pyridine rings is 2. The monoisotopic (exact) mass is 586 g/mol. The van der Waals surface area contributed by atoms with Gasteiger partial charge in [-0.25, -0.2) is 24.4 Å². The number of ether oxygens (including phenoxy) is 1. The van der Waals surface area contributed by atoms with Crippen LogP contribution in [0.5, 0.6) is 0 Å². The van der Waals surface area contributed by atoms with Crippen LogP contribution in [-0.2, 0) is 11.2 Å². The van der Waals surface area contributed by atoms with E-state index in [1.54, 1.807) is 17.1 Å². The van der Waals surface area contributed by atoms with Gasteiger partial charge in [0, 0.05) is 24.3 Å². The van der Waals surface area contributed by atoms with Crippen molar-refractivity contribution in [2.45, 2.75) is 45.3 Å². The van der Waals surface area contributed by atoms with Crippen LogP contribution in [0.25, 0.3) is 34.1 Å². The molecular formula is C28H27BrN8O2. The maximum Gasteiger partial charge on any atom is 0.408 e. The molecule has 4 aromatic heterocycles. The van der Waals surface area contributed by atoms with Crippen LogP contribution < -0.4 is 11.1 Å². The van der Waals surface area contributed by atoms with Crippen molar-refractivity contribution >= 4 is 39.0 Å². The van der Waals surface area contributed by atoms with Gasteiger partial charge in [0.2, 0.25) is 0 Å². The van der Waals surface area contributed by atoms with E-state index in [4.69, 9.17) is 20.4 Å². The van der Waals surface area contributed by atoms with Crippen molar-refractivity contribution in [2.75, 3.05) is 5.73 Å². The molecule has 0 spiro atoms. The Kier molecular flexibility index (Phi) is 6.10. The number of anilines is 1. The summed E-state index contributed by atoms with van der Waals surface area (Å²) in [6, 6.07) is 13.5. The number of benzene rings is 1. The number of aromatic nitrogens is 6. The number of hydrogen-bond acceptors (Lipinski definition) is 7. The number of rotatable bonds is 4. The number of imidazole rings is 1. The Bertz CT molecular complexity index is 1710. The second-order valence-electron chi connectivity index (χ2n) is 10.4. The summed E-state index contributed by atoms with van der Waals surface area (Å²) in [4.78, 5) is 26.6. The van der Waals surface area contributed by atoms with E-state index in [1.807, 2.05) is 67.9 Å². The van der Waals surface area contributed by atoms with Crippen LogP contribution >= 0.6 is 15.9 Å². The topological polar surface area (TPSA) is 126 Å². The molecule has 4 heterocycles. The molecule has 39 heavy (non-hydrogen) atoms. The fourth-order valence-electron chi connectivity index (χ4n) is 4.89. The van der Waals surface area contributed by atoms with Gasteiger partial charge in [-0.05, 0) is 97.1 Å². The van der Waals surface area contributed by atoms with E-state index < -0.39 is 11.7 Å². The predicted molar refractivity (Wildman–Crippen MR) is 152 cm³/mol. The van der Waals surface area contributed by atoms with Crippen molar-refractivity contribution in [1.29, 1.82) is 0 Å². The number of amides is 1. The van der Waals surface area contributed by atoms with Crippen LogP contribution in [0.3, 0.4) is 0 Å². The average Bonchev–Trinajstić information content (AvgIpc) is 3.62. The van der Waals surface area contributed by atoms with Crippen molar-refractivity contribution in [3.63, 3.8) is 0 Å². The number of nitrogens with one attached hydrogen (secondary N) is 1. The third kappa shape index (κ3) is 4.74. The fraction of sp³-hybridized carbons (Fsp3) is 0.250. The Labute approximate surface area is 233 Å². The molecule has 6 rings (SSSR count). The summed E-state index contributed by atoms with van der Waals surface area (Å²) < 4.78 is 9.95. The van der Waals surface area contributed by atoms with Gasteiger partial charge in [0.05, 0.1) is 16.1 Å². The maximum absolute atomic E-state index is 12.4. The zero-order valence-corrected chi connectivity index (χ0v) is 23.3. The van der Waals surface area contributed by atoms with E-state index in [0.717, 1.165) is 34.1 Å². The number of alkyl carbamates (subject to hydrolysis) is 1. The van der Waals surface area contributed by atoms with Gasteiger partial charge in [-0.2, -0.15) is 5.10 Å². The number of halogens is 1. The molecule has 1 aromatic carbocycles. The summed E-state index contributed by atoms with van der Waals surface area (Å²) in [6.45, 7) is 5.56. The number of fused-ring (bicyclic) bond motifs is 2. The molecule has 0 aliphatic heterocycles. The molecule has 5 aromatic rings. The Morgan fingerprint density at radius 1 is 1.15 bits per heavy atom. The Hall–Kier alpha value is -4.25. The van der Waals surface area contributed by atoms with Gasteiger partial charge < -0.3 is 15.8 Å². The molecule has 3 N–H and O–H groups in total. The van der Waals surface area contributed by atoms with Crippen molar-refractivity contribution in [3.8, 4) is 22.9 Å². The molecule has 0 bridgehead atoms. The van der Waals surface area contributed by atoms with Crippen LogP contribution in [0.2, 0.25) is 0 Å². The highest BCUT2D eigenvalue weighted by Crippen LogP contribution is 2.37. The lowest BCUT2D eigenvalue weighted by molar-refractivity contribution is 0.0503. The minimum absolute atomic E-state index is 0.115. The SMILES string of the molecule is CC(C)(C)OC(=O)N[C@H]1CCc2cc(-n3c(-c4cccnc4N)nc4c(Br)cc(-n5cccn5)nc43)ccc21. The summed E-state index contributed by atoms with van der Waals surface area (Å²) in [5, 5.41) is 7.36. The molecule has 0 unspecified atom stereocenters. The Morgan fingerprint density at radius 2 is 2.00 bits per heavy atom. The molecule has 1 aliphatic carbocycles. The van der Waals surface area contributed by atoms with Crippen LogP contribution in [-0.4, -0.2) is 41.0 Å². The zero-order valence-electron chi connectivity index (χ0n) is 21.7. The van der Waals surface area contributed by atoms with Crippen LogP contribution in [0.4, 0.5) is 10.6 Å². The van der Waals surface area contributed by atoms with Gasteiger partial charge in [0.25, 0.3) is 0 Å². The second-order valence-corrected chi connectivity index (χ2v) is 11.3. The molecule has 1 atom stereocenters. The molecule has 10 nitrogen and oxygen atoms in total. The van der Waals surface area contributed by atoms with E-state index in [-0.39, 0.29) is 6.04 Å². The molecule has 0 fully saturated rings. The van der Waals surface area contributed by atoms with Crippen LogP contribution in [0, 0.1) is 0 Å². The van der Waals surface area contributed by atoms with Crippen LogP contribution in [0.1, 0.15) is 44.4 Å². The van der Waals surface area contributed by atoms with Gasteiger partial charge in [-0.3, -0.25) is 4.57 Å². The van der Waals surface area contributed by atoms with E-state index in [0.29, 0.717) is 34.2 Å². The molecule has 0 saturated heterocycles. The first kappa shape index (κ1) is 25.1. The Balaban J connectivity index is 1.48. The number of aryl methyl sites for hydroxylation is 1.